The molecule has 7 atom stereocenters. The second-order valence-corrected chi connectivity index (χ2v) is 11.8. The molecule has 0 radical (unpaired) electrons. The minimum atomic E-state index is -1.77. The molecule has 5 fully saturated rings. The molecular weight excluding hydrogens is 482 g/mol. The second kappa shape index (κ2) is 7.77. The third kappa shape index (κ3) is 2.88. The van der Waals surface area contributed by atoms with Gasteiger partial charge in [-0.05, 0) is 30.4 Å². The van der Waals surface area contributed by atoms with E-state index < -0.39 is 64.1 Å². The molecule has 5 aliphatic rings. The van der Waals surface area contributed by atoms with E-state index in [1.807, 2.05) is 0 Å². The van der Waals surface area contributed by atoms with Crippen molar-refractivity contribution in [2.45, 2.75) is 76.6 Å². The van der Waals surface area contributed by atoms with Crippen LogP contribution in [0, 0.1) is 16.2 Å². The predicted octanol–water partition coefficient (Wildman–Crippen LogP) is 1.59. The van der Waals surface area contributed by atoms with Gasteiger partial charge in [0.25, 0.3) is 5.91 Å². The highest BCUT2D eigenvalue weighted by Gasteiger charge is 2.93. The van der Waals surface area contributed by atoms with Gasteiger partial charge in [0.1, 0.15) is 16.9 Å². The van der Waals surface area contributed by atoms with E-state index in [9.17, 15) is 24.3 Å². The molecule has 198 valence electrons. The number of rotatable bonds is 4. The van der Waals surface area contributed by atoms with Gasteiger partial charge in [-0.15, -0.1) is 0 Å². The lowest BCUT2D eigenvalue weighted by Gasteiger charge is -2.51. The number of aliphatic hydroxyl groups is 1. The summed E-state index contributed by atoms with van der Waals surface area (Å²) < 4.78 is 23.3. The van der Waals surface area contributed by atoms with Crippen LogP contribution in [0.25, 0.3) is 0 Å². The Balaban J connectivity index is 1.55. The highest BCUT2D eigenvalue weighted by Crippen LogP contribution is 2.76. The van der Waals surface area contributed by atoms with Crippen molar-refractivity contribution < 1.29 is 43.2 Å². The van der Waals surface area contributed by atoms with Crippen LogP contribution in [0.3, 0.4) is 0 Å². The van der Waals surface area contributed by atoms with Crippen LogP contribution in [-0.2, 0) is 33.3 Å². The van der Waals surface area contributed by atoms with Crippen molar-refractivity contribution in [3.8, 4) is 0 Å². The number of nitrogens with zero attached hydrogens (tertiary/aromatic N) is 1. The third-order valence-corrected chi connectivity index (χ3v) is 9.23. The van der Waals surface area contributed by atoms with Crippen LogP contribution in [0.2, 0.25) is 0 Å². The van der Waals surface area contributed by atoms with Gasteiger partial charge in [0.15, 0.2) is 12.3 Å². The number of benzene rings is 1. The lowest BCUT2D eigenvalue weighted by molar-refractivity contribution is -0.212. The molecule has 4 heterocycles. The fourth-order valence-electron chi connectivity index (χ4n) is 7.54. The Labute approximate surface area is 214 Å². The Morgan fingerprint density at radius 3 is 2.54 bits per heavy atom. The maximum atomic E-state index is 14.2. The van der Waals surface area contributed by atoms with E-state index in [1.165, 1.54) is 4.90 Å². The standard InChI is InChI=1S/C27H31NO9/c1-24(2,3)26(33)12-17-25(13-18(29)35-17)23(32)37-22-27(25,26)19(36-21(31)15-8-5-4-6-9-15)20(30)28(22)14-16-10-7-11-34-16/h4-6,8-9,16-17,19,22,33H,7,10-14H2,1-3H3/t16?,17-,19-,22-,25-,26+,27+/m0/s1. The topological polar surface area (TPSA) is 129 Å². The fourth-order valence-corrected chi connectivity index (χ4v) is 7.54. The number of esters is 3. The smallest absolute Gasteiger partial charge is 0.338 e. The lowest BCUT2D eigenvalue weighted by Crippen LogP contribution is -2.66. The first-order chi connectivity index (χ1) is 17.5. The first-order valence-electron chi connectivity index (χ1n) is 12.8. The van der Waals surface area contributed by atoms with E-state index in [4.69, 9.17) is 18.9 Å². The molecule has 1 aromatic rings. The molecule has 1 unspecified atom stereocenters. The SMILES string of the molecule is CC(C)(C)[C@]1(O)C[C@@H]2OC(=O)C[C@@]23C(=O)O[C@@H]2N(CC4CCCO4)C(=O)[C@H](OC(=O)c4ccccc4)[C@]213. The zero-order valence-corrected chi connectivity index (χ0v) is 21.1. The molecule has 0 bridgehead atoms. The largest absolute Gasteiger partial charge is 0.461 e. The van der Waals surface area contributed by atoms with Crippen LogP contribution in [-0.4, -0.2) is 77.1 Å². The maximum Gasteiger partial charge on any atom is 0.338 e. The summed E-state index contributed by atoms with van der Waals surface area (Å²) in [6.45, 7) is 6.03. The number of hydrogen-bond donors (Lipinski definition) is 1. The quantitative estimate of drug-likeness (QED) is 0.471. The summed E-state index contributed by atoms with van der Waals surface area (Å²) in [5.74, 6) is -2.69. The molecule has 4 aliphatic heterocycles. The van der Waals surface area contributed by atoms with Crippen LogP contribution >= 0.6 is 0 Å². The number of likely N-dealkylation sites (tertiary alicyclic amines) is 1. The van der Waals surface area contributed by atoms with Gasteiger partial charge < -0.3 is 29.0 Å². The van der Waals surface area contributed by atoms with Gasteiger partial charge in [0.2, 0.25) is 0 Å². The van der Waals surface area contributed by atoms with Crippen LogP contribution in [0.4, 0.5) is 0 Å². The summed E-state index contributed by atoms with van der Waals surface area (Å²) in [4.78, 5) is 55.3. The monoisotopic (exact) mass is 513 g/mol. The lowest BCUT2D eigenvalue weighted by atomic mass is 9.52. The predicted molar refractivity (Wildman–Crippen MR) is 125 cm³/mol. The molecule has 4 saturated heterocycles. The fraction of sp³-hybridized carbons (Fsp3) is 0.630. The maximum absolute atomic E-state index is 14.2. The van der Waals surface area contributed by atoms with Crippen LogP contribution in [0.1, 0.15) is 56.8 Å². The highest BCUT2D eigenvalue weighted by molar-refractivity contribution is 5.99. The number of carbonyl (C=O) groups excluding carboxylic acids is 4. The Hall–Kier alpha value is -2.98. The van der Waals surface area contributed by atoms with Crippen LogP contribution in [0.5, 0.6) is 0 Å². The van der Waals surface area contributed by atoms with Gasteiger partial charge in [-0.25, -0.2) is 4.79 Å². The molecule has 2 spiro atoms. The molecular formula is C27H31NO9. The van der Waals surface area contributed by atoms with Gasteiger partial charge >= 0.3 is 17.9 Å². The van der Waals surface area contributed by atoms with Gasteiger partial charge in [-0.2, -0.15) is 0 Å². The molecule has 1 aromatic carbocycles. The average Bonchev–Trinajstić information content (AvgIpc) is 3.60. The zero-order valence-electron chi connectivity index (χ0n) is 21.1. The van der Waals surface area contributed by atoms with Gasteiger partial charge in [0, 0.05) is 13.0 Å². The number of carbonyl (C=O) groups is 4. The van der Waals surface area contributed by atoms with Crippen molar-refractivity contribution in [2.24, 2.45) is 16.2 Å². The van der Waals surface area contributed by atoms with Crippen LogP contribution < -0.4 is 0 Å². The summed E-state index contributed by atoms with van der Waals surface area (Å²) in [6.07, 6.45) is -3.06. The molecule has 0 aromatic heterocycles. The Morgan fingerprint density at radius 2 is 1.89 bits per heavy atom. The summed E-state index contributed by atoms with van der Waals surface area (Å²) in [5.41, 5.74) is -5.93. The number of ether oxygens (including phenoxy) is 4. The van der Waals surface area contributed by atoms with Crippen molar-refractivity contribution in [1.82, 2.24) is 4.90 Å². The summed E-state index contributed by atoms with van der Waals surface area (Å²) in [6, 6.07) is 8.20. The highest BCUT2D eigenvalue weighted by atomic mass is 16.6. The molecule has 1 N–H and O–H groups in total. The first kappa shape index (κ1) is 24.4. The Bertz CT molecular complexity index is 1170. The number of amides is 1. The van der Waals surface area contributed by atoms with E-state index >= 15 is 0 Å². The van der Waals surface area contributed by atoms with Crippen molar-refractivity contribution >= 4 is 23.8 Å². The van der Waals surface area contributed by atoms with Crippen molar-refractivity contribution in [3.05, 3.63) is 35.9 Å². The van der Waals surface area contributed by atoms with E-state index in [1.54, 1.807) is 51.1 Å². The van der Waals surface area contributed by atoms with E-state index in [0.29, 0.717) is 13.0 Å². The molecule has 1 aliphatic carbocycles. The molecule has 6 rings (SSSR count). The molecule has 10 nitrogen and oxygen atoms in total. The Kier molecular flexibility index (Phi) is 5.11. The Morgan fingerprint density at radius 1 is 1.16 bits per heavy atom. The summed E-state index contributed by atoms with van der Waals surface area (Å²) >= 11 is 0. The zero-order chi connectivity index (χ0) is 26.4. The third-order valence-electron chi connectivity index (χ3n) is 9.23. The summed E-state index contributed by atoms with van der Waals surface area (Å²) in [5, 5.41) is 12.6. The van der Waals surface area contributed by atoms with Crippen LogP contribution in [0.15, 0.2) is 30.3 Å². The van der Waals surface area contributed by atoms with Gasteiger partial charge in [-0.1, -0.05) is 39.0 Å². The minimum Gasteiger partial charge on any atom is -0.461 e. The average molecular weight is 514 g/mol. The molecule has 1 amide bonds. The van der Waals surface area contributed by atoms with Crippen molar-refractivity contribution in [3.63, 3.8) is 0 Å². The van der Waals surface area contributed by atoms with E-state index in [2.05, 4.69) is 0 Å². The first-order valence-corrected chi connectivity index (χ1v) is 12.8. The van der Waals surface area contributed by atoms with Crippen molar-refractivity contribution in [1.29, 1.82) is 0 Å². The summed E-state index contributed by atoms with van der Waals surface area (Å²) in [7, 11) is 0. The van der Waals surface area contributed by atoms with Gasteiger partial charge in [0.05, 0.1) is 30.2 Å². The molecule has 10 heteroatoms. The minimum absolute atomic E-state index is 0.0890. The van der Waals surface area contributed by atoms with E-state index in [0.717, 1.165) is 6.42 Å². The van der Waals surface area contributed by atoms with E-state index in [-0.39, 0.29) is 31.1 Å². The molecule has 1 saturated carbocycles. The second-order valence-electron chi connectivity index (χ2n) is 11.8. The normalized spacial score (nSPS) is 40.3. The van der Waals surface area contributed by atoms with Gasteiger partial charge in [-0.3, -0.25) is 14.4 Å². The van der Waals surface area contributed by atoms with Crippen molar-refractivity contribution in [2.75, 3.05) is 13.2 Å². The molecule has 37 heavy (non-hydrogen) atoms. The number of hydrogen-bond acceptors (Lipinski definition) is 9.